The van der Waals surface area contributed by atoms with Gasteiger partial charge in [-0.2, -0.15) is 0 Å². The molecule has 0 unspecified atom stereocenters. The molecule has 0 saturated heterocycles. The number of carbonyl (C=O) groups is 1. The van der Waals surface area contributed by atoms with Crippen LogP contribution in [-0.4, -0.2) is 10.9 Å². The van der Waals surface area contributed by atoms with Crippen molar-refractivity contribution in [2.24, 2.45) is 0 Å². The Morgan fingerprint density at radius 3 is 2.64 bits per heavy atom. The number of phenols is 1. The molecule has 0 heterocycles. The van der Waals surface area contributed by atoms with Gasteiger partial charge in [-0.05, 0) is 41.5 Å². The summed E-state index contributed by atoms with van der Waals surface area (Å²) in [6.07, 6.45) is 3.31. The van der Waals surface area contributed by atoms with Gasteiger partial charge in [-0.15, -0.1) is 0 Å². The van der Waals surface area contributed by atoms with Gasteiger partial charge in [-0.1, -0.05) is 60.2 Å². The van der Waals surface area contributed by atoms with Gasteiger partial charge in [0, 0.05) is 0 Å². The molecule has 22 heavy (non-hydrogen) atoms. The lowest BCUT2D eigenvalue weighted by atomic mass is 10.0. The number of hydrogen-bond donors (Lipinski definition) is 1. The van der Waals surface area contributed by atoms with Crippen molar-refractivity contribution in [3.63, 3.8) is 0 Å². The van der Waals surface area contributed by atoms with E-state index >= 15 is 0 Å². The van der Waals surface area contributed by atoms with Crippen LogP contribution in [0.2, 0.25) is 0 Å². The van der Waals surface area contributed by atoms with Gasteiger partial charge in [0.05, 0.1) is 5.56 Å². The van der Waals surface area contributed by atoms with Crippen LogP contribution < -0.4 is 0 Å². The molecule has 0 aromatic heterocycles. The first-order valence-corrected chi connectivity index (χ1v) is 7.15. The van der Waals surface area contributed by atoms with Crippen molar-refractivity contribution in [3.8, 4) is 5.75 Å². The minimum atomic E-state index is -0.200. The molecule has 0 spiro atoms. The number of hydrogen-bond acceptors (Lipinski definition) is 2. The zero-order chi connectivity index (χ0) is 15.5. The second kappa shape index (κ2) is 5.86. The highest BCUT2D eigenvalue weighted by molar-refractivity contribution is 6.09. The van der Waals surface area contributed by atoms with Crippen molar-refractivity contribution in [1.29, 1.82) is 0 Å². The normalized spacial score (nSPS) is 11.1. The van der Waals surface area contributed by atoms with Crippen LogP contribution in [0.1, 0.15) is 21.5 Å². The summed E-state index contributed by atoms with van der Waals surface area (Å²) in [5, 5.41) is 12.1. The third-order valence-electron chi connectivity index (χ3n) is 3.66. The maximum absolute atomic E-state index is 12.3. The first kappa shape index (κ1) is 14.1. The number of ketones is 1. The van der Waals surface area contributed by atoms with Crippen molar-refractivity contribution in [1.82, 2.24) is 0 Å². The molecule has 0 aliphatic heterocycles. The highest BCUT2D eigenvalue weighted by Gasteiger charge is 2.08. The van der Waals surface area contributed by atoms with E-state index in [4.69, 9.17) is 0 Å². The third kappa shape index (κ3) is 2.77. The molecule has 0 atom stereocenters. The number of allylic oxidation sites excluding steroid dienone is 1. The molecule has 3 aromatic carbocycles. The Labute approximate surface area is 129 Å². The number of benzene rings is 3. The van der Waals surface area contributed by atoms with Gasteiger partial charge in [0.15, 0.2) is 5.78 Å². The minimum absolute atomic E-state index is 0.0122. The molecule has 3 rings (SSSR count). The maximum atomic E-state index is 12.3. The third-order valence-corrected chi connectivity index (χ3v) is 3.66. The summed E-state index contributed by atoms with van der Waals surface area (Å²) in [7, 11) is 0. The van der Waals surface area contributed by atoms with E-state index < -0.39 is 0 Å². The summed E-state index contributed by atoms with van der Waals surface area (Å²) in [6.45, 7) is 1.89. The average molecular weight is 288 g/mol. The number of rotatable bonds is 3. The van der Waals surface area contributed by atoms with E-state index in [1.165, 1.54) is 6.08 Å². The molecule has 0 aliphatic rings. The van der Waals surface area contributed by atoms with E-state index in [-0.39, 0.29) is 11.5 Å². The van der Waals surface area contributed by atoms with Crippen molar-refractivity contribution in [2.75, 3.05) is 0 Å². The fourth-order valence-electron chi connectivity index (χ4n) is 2.50. The van der Waals surface area contributed by atoms with Crippen LogP contribution in [0.3, 0.4) is 0 Å². The van der Waals surface area contributed by atoms with E-state index in [9.17, 15) is 9.90 Å². The summed E-state index contributed by atoms with van der Waals surface area (Å²) in [4.78, 5) is 12.3. The molecule has 0 amide bonds. The Kier molecular flexibility index (Phi) is 3.75. The van der Waals surface area contributed by atoms with Crippen LogP contribution in [0.4, 0.5) is 0 Å². The fraction of sp³-hybridized carbons (Fsp3) is 0.0500. The average Bonchev–Trinajstić information content (AvgIpc) is 2.54. The summed E-state index contributed by atoms with van der Waals surface area (Å²) in [5.41, 5.74) is 2.26. The van der Waals surface area contributed by atoms with Gasteiger partial charge in [0.25, 0.3) is 0 Å². The van der Waals surface area contributed by atoms with Crippen LogP contribution in [0.25, 0.3) is 16.8 Å². The van der Waals surface area contributed by atoms with E-state index in [1.807, 2.05) is 49.4 Å². The number of phenolic OH excluding ortho intramolecular Hbond substituents is 1. The largest absolute Gasteiger partial charge is 0.507 e. The predicted octanol–water partition coefficient (Wildman–Crippen LogP) is 4.75. The molecule has 0 saturated carbocycles. The van der Waals surface area contributed by atoms with Gasteiger partial charge < -0.3 is 5.11 Å². The van der Waals surface area contributed by atoms with Crippen molar-refractivity contribution in [3.05, 3.63) is 83.4 Å². The molecule has 0 bridgehead atoms. The fourth-order valence-corrected chi connectivity index (χ4v) is 2.50. The SMILES string of the molecule is Cc1ccc(O)c(C(=O)C=Cc2cccc3ccccc23)c1. The lowest BCUT2D eigenvalue weighted by Gasteiger charge is -2.03. The van der Waals surface area contributed by atoms with Crippen LogP contribution >= 0.6 is 0 Å². The topological polar surface area (TPSA) is 37.3 Å². The van der Waals surface area contributed by atoms with Gasteiger partial charge in [-0.3, -0.25) is 4.79 Å². The van der Waals surface area contributed by atoms with Crippen LogP contribution in [0.5, 0.6) is 5.75 Å². The molecule has 2 nitrogen and oxygen atoms in total. The molecule has 0 radical (unpaired) electrons. The van der Waals surface area contributed by atoms with Gasteiger partial charge in [0.2, 0.25) is 0 Å². The molecule has 3 aromatic rings. The monoisotopic (exact) mass is 288 g/mol. The molecule has 2 heteroatoms. The van der Waals surface area contributed by atoms with Gasteiger partial charge in [0.1, 0.15) is 5.75 Å². The van der Waals surface area contributed by atoms with Gasteiger partial charge in [-0.25, -0.2) is 0 Å². The standard InChI is InChI=1S/C20H16O2/c1-14-9-11-19(21)18(13-14)20(22)12-10-16-7-4-6-15-5-2-3-8-17(15)16/h2-13,21H,1H3. The molecule has 0 aliphatic carbocycles. The molecule has 0 fully saturated rings. The number of aromatic hydroxyl groups is 1. The summed E-state index contributed by atoms with van der Waals surface area (Å²) in [5.74, 6) is -0.188. The quantitative estimate of drug-likeness (QED) is 0.558. The number of aryl methyl sites for hydroxylation is 1. The van der Waals surface area contributed by atoms with E-state index in [1.54, 1.807) is 24.3 Å². The van der Waals surface area contributed by atoms with E-state index in [0.29, 0.717) is 5.56 Å². The molecular weight excluding hydrogens is 272 g/mol. The Morgan fingerprint density at radius 1 is 1.00 bits per heavy atom. The Morgan fingerprint density at radius 2 is 1.77 bits per heavy atom. The minimum Gasteiger partial charge on any atom is -0.507 e. The summed E-state index contributed by atoms with van der Waals surface area (Å²) < 4.78 is 0. The smallest absolute Gasteiger partial charge is 0.189 e. The maximum Gasteiger partial charge on any atom is 0.189 e. The summed E-state index contributed by atoms with van der Waals surface area (Å²) in [6, 6.07) is 19.1. The Balaban J connectivity index is 1.96. The highest BCUT2D eigenvalue weighted by atomic mass is 16.3. The second-order valence-electron chi connectivity index (χ2n) is 5.29. The Hall–Kier alpha value is -2.87. The number of fused-ring (bicyclic) bond motifs is 1. The van der Waals surface area contributed by atoms with Crippen molar-refractivity contribution in [2.45, 2.75) is 6.92 Å². The lowest BCUT2D eigenvalue weighted by molar-refractivity contribution is 0.104. The molecule has 108 valence electrons. The van der Waals surface area contributed by atoms with E-state index in [2.05, 4.69) is 0 Å². The van der Waals surface area contributed by atoms with Crippen LogP contribution in [0.15, 0.2) is 66.7 Å². The second-order valence-corrected chi connectivity index (χ2v) is 5.29. The molecule has 1 N–H and O–H groups in total. The lowest BCUT2D eigenvalue weighted by Crippen LogP contribution is -1.95. The van der Waals surface area contributed by atoms with Crippen LogP contribution in [-0.2, 0) is 0 Å². The van der Waals surface area contributed by atoms with Crippen molar-refractivity contribution >= 4 is 22.6 Å². The van der Waals surface area contributed by atoms with E-state index in [0.717, 1.165) is 21.9 Å². The summed E-state index contributed by atoms with van der Waals surface area (Å²) >= 11 is 0. The van der Waals surface area contributed by atoms with Crippen LogP contribution in [0, 0.1) is 6.92 Å². The number of carbonyl (C=O) groups excluding carboxylic acids is 1. The highest BCUT2D eigenvalue weighted by Crippen LogP contribution is 2.22. The first-order chi connectivity index (χ1) is 10.6. The molecular formula is C20H16O2. The van der Waals surface area contributed by atoms with Gasteiger partial charge >= 0.3 is 0 Å². The zero-order valence-electron chi connectivity index (χ0n) is 12.3. The first-order valence-electron chi connectivity index (χ1n) is 7.15. The predicted molar refractivity (Wildman–Crippen MR) is 90.2 cm³/mol. The zero-order valence-corrected chi connectivity index (χ0v) is 12.3. The van der Waals surface area contributed by atoms with Crippen molar-refractivity contribution < 1.29 is 9.90 Å². The Bertz CT molecular complexity index is 871.